The molecule has 6 nitrogen and oxygen atoms in total. The van der Waals surface area contributed by atoms with Crippen LogP contribution >= 0.6 is 0 Å². The van der Waals surface area contributed by atoms with Gasteiger partial charge in [0.15, 0.2) is 0 Å². The first kappa shape index (κ1) is 22.5. The van der Waals surface area contributed by atoms with Crippen LogP contribution in [0.1, 0.15) is 30.5 Å². The van der Waals surface area contributed by atoms with E-state index in [0.29, 0.717) is 12.8 Å². The number of ether oxygens (including phenoxy) is 2. The van der Waals surface area contributed by atoms with Crippen molar-refractivity contribution in [3.8, 4) is 11.8 Å². The van der Waals surface area contributed by atoms with Gasteiger partial charge in [-0.05, 0) is 43.5 Å². The molecule has 2 atom stereocenters. The average Bonchev–Trinajstić information content (AvgIpc) is 3.12. The normalized spacial score (nSPS) is 16.6. The van der Waals surface area contributed by atoms with Gasteiger partial charge in [0.1, 0.15) is 19.3 Å². The highest BCUT2D eigenvalue weighted by atomic mass is 16.6. The molecule has 1 aliphatic rings. The summed E-state index contributed by atoms with van der Waals surface area (Å²) in [4.78, 5) is 27.0. The topological polar surface area (TPSA) is 76.1 Å². The zero-order chi connectivity index (χ0) is 22.2. The number of cyclic esters (lactones) is 1. The van der Waals surface area contributed by atoms with Crippen LogP contribution in [0.15, 0.2) is 54.6 Å². The highest BCUT2D eigenvalue weighted by molar-refractivity contribution is 5.96. The fourth-order valence-corrected chi connectivity index (χ4v) is 3.58. The fraction of sp³-hybridized carbons (Fsp3) is 0.360. The molecule has 0 spiro atoms. The minimum absolute atomic E-state index is 0.167. The smallest absolute Gasteiger partial charge is 0.417 e. The molecule has 0 aliphatic carbocycles. The van der Waals surface area contributed by atoms with Crippen molar-refractivity contribution in [3.63, 3.8) is 0 Å². The van der Waals surface area contributed by atoms with Crippen molar-refractivity contribution >= 4 is 12.0 Å². The fourth-order valence-electron chi connectivity index (χ4n) is 3.58. The van der Waals surface area contributed by atoms with Gasteiger partial charge in [-0.15, -0.1) is 0 Å². The Labute approximate surface area is 182 Å². The Bertz CT molecular complexity index is 961. The Morgan fingerprint density at radius 1 is 1.19 bits per heavy atom. The number of carbonyl (C=O) groups is 2. The Balaban J connectivity index is 1.80. The highest BCUT2D eigenvalue weighted by Crippen LogP contribution is 2.21. The zero-order valence-electron chi connectivity index (χ0n) is 17.8. The monoisotopic (exact) mass is 421 g/mol. The average molecular weight is 421 g/mol. The number of carbonyl (C=O) groups excluding carboxylic acids is 2. The van der Waals surface area contributed by atoms with Crippen LogP contribution < -0.4 is 0 Å². The largest absolute Gasteiger partial charge is 0.447 e. The summed E-state index contributed by atoms with van der Waals surface area (Å²) < 4.78 is 11.1. The van der Waals surface area contributed by atoms with Gasteiger partial charge in [0, 0.05) is 12.0 Å². The number of aliphatic hydroxyl groups is 1. The lowest BCUT2D eigenvalue weighted by Gasteiger charge is -2.26. The van der Waals surface area contributed by atoms with Crippen LogP contribution in [-0.4, -0.2) is 53.5 Å². The summed E-state index contributed by atoms with van der Waals surface area (Å²) in [5.41, 5.74) is 2.63. The van der Waals surface area contributed by atoms with Crippen molar-refractivity contribution in [2.45, 2.75) is 44.9 Å². The molecule has 0 bridgehead atoms. The first-order chi connectivity index (χ1) is 15.0. The lowest BCUT2D eigenvalue weighted by molar-refractivity contribution is -0.144. The Morgan fingerprint density at radius 2 is 1.94 bits per heavy atom. The molecule has 2 aromatic rings. The van der Waals surface area contributed by atoms with E-state index in [1.165, 1.54) is 4.90 Å². The molecule has 2 aromatic carbocycles. The molecule has 1 heterocycles. The Kier molecular flexibility index (Phi) is 7.82. The summed E-state index contributed by atoms with van der Waals surface area (Å²) in [6, 6.07) is 16.8. The van der Waals surface area contributed by atoms with E-state index in [-0.39, 0.29) is 25.4 Å². The second kappa shape index (κ2) is 10.8. The molecule has 0 saturated carbocycles. The van der Waals surface area contributed by atoms with E-state index in [1.54, 1.807) is 0 Å². The van der Waals surface area contributed by atoms with Crippen LogP contribution in [0.5, 0.6) is 0 Å². The molecule has 1 fully saturated rings. The summed E-state index contributed by atoms with van der Waals surface area (Å²) in [7, 11) is 0. The van der Waals surface area contributed by atoms with E-state index in [2.05, 4.69) is 11.8 Å². The van der Waals surface area contributed by atoms with Gasteiger partial charge in [0.25, 0.3) is 5.91 Å². The van der Waals surface area contributed by atoms with Gasteiger partial charge in [-0.25, -0.2) is 9.69 Å². The molecule has 3 rings (SSSR count). The van der Waals surface area contributed by atoms with Crippen LogP contribution in [0.4, 0.5) is 4.79 Å². The first-order valence-corrected chi connectivity index (χ1v) is 10.4. The van der Waals surface area contributed by atoms with Crippen molar-refractivity contribution in [1.82, 2.24) is 4.90 Å². The van der Waals surface area contributed by atoms with Gasteiger partial charge in [-0.1, -0.05) is 54.3 Å². The minimum Gasteiger partial charge on any atom is -0.447 e. The highest BCUT2D eigenvalue weighted by Gasteiger charge is 2.41. The maximum Gasteiger partial charge on any atom is 0.417 e. The lowest BCUT2D eigenvalue weighted by Crippen LogP contribution is -2.47. The minimum atomic E-state index is -0.829. The SMILES string of the molecule is CC(C)OC(Cc1cccc(C#CCO)c1)C(=O)N1C(=O)OCC1Cc1ccccc1. The molecule has 31 heavy (non-hydrogen) atoms. The molecule has 2 amide bonds. The third-order valence-electron chi connectivity index (χ3n) is 4.88. The van der Waals surface area contributed by atoms with Crippen molar-refractivity contribution in [3.05, 3.63) is 71.3 Å². The number of nitrogens with zero attached hydrogens (tertiary/aromatic N) is 1. The maximum absolute atomic E-state index is 13.4. The summed E-state index contributed by atoms with van der Waals surface area (Å²) in [6.07, 6.45) is -0.833. The standard InChI is InChI=1S/C25H27NO5/c1-18(2)31-23(16-21-11-6-10-19(14-21)12-7-13-27)24(28)26-22(17-30-25(26)29)15-20-8-4-3-5-9-20/h3-6,8-11,14,18,22-23,27H,13,15-17H2,1-2H3. The molecule has 1 saturated heterocycles. The zero-order valence-corrected chi connectivity index (χ0v) is 17.8. The van der Waals surface area contributed by atoms with E-state index < -0.39 is 18.1 Å². The summed E-state index contributed by atoms with van der Waals surface area (Å²) in [6.45, 7) is 3.65. The second-order valence-corrected chi connectivity index (χ2v) is 7.67. The van der Waals surface area contributed by atoms with Crippen LogP contribution in [0.2, 0.25) is 0 Å². The summed E-state index contributed by atoms with van der Waals surface area (Å²) in [5.74, 6) is 5.08. The van der Waals surface area contributed by atoms with Crippen LogP contribution in [-0.2, 0) is 27.1 Å². The number of hydrogen-bond donors (Lipinski definition) is 1. The number of imide groups is 1. The molecule has 162 valence electrons. The molecule has 1 N–H and O–H groups in total. The van der Waals surface area contributed by atoms with Gasteiger partial charge in [-0.3, -0.25) is 4.79 Å². The van der Waals surface area contributed by atoms with Crippen molar-refractivity contribution in [1.29, 1.82) is 0 Å². The third-order valence-corrected chi connectivity index (χ3v) is 4.88. The number of rotatable bonds is 7. The number of hydrogen-bond acceptors (Lipinski definition) is 5. The molecule has 0 aromatic heterocycles. The quantitative estimate of drug-likeness (QED) is 0.696. The van der Waals surface area contributed by atoms with Gasteiger partial charge in [0.2, 0.25) is 0 Å². The van der Waals surface area contributed by atoms with E-state index in [1.807, 2.05) is 68.4 Å². The number of benzene rings is 2. The van der Waals surface area contributed by atoms with Gasteiger partial charge in [0.05, 0.1) is 12.1 Å². The molecule has 6 heteroatoms. The van der Waals surface area contributed by atoms with E-state index >= 15 is 0 Å². The lowest BCUT2D eigenvalue weighted by atomic mass is 10.0. The van der Waals surface area contributed by atoms with Crippen molar-refractivity contribution in [2.75, 3.05) is 13.2 Å². The van der Waals surface area contributed by atoms with E-state index in [9.17, 15) is 9.59 Å². The number of amides is 2. The van der Waals surface area contributed by atoms with Crippen molar-refractivity contribution < 1.29 is 24.2 Å². The summed E-state index contributed by atoms with van der Waals surface area (Å²) >= 11 is 0. The number of aliphatic hydroxyl groups excluding tert-OH is 1. The maximum atomic E-state index is 13.4. The van der Waals surface area contributed by atoms with Crippen LogP contribution in [0.3, 0.4) is 0 Å². The Hall–Kier alpha value is -3.14. The molecule has 2 unspecified atom stereocenters. The molecule has 0 radical (unpaired) electrons. The first-order valence-electron chi connectivity index (χ1n) is 10.4. The van der Waals surface area contributed by atoms with Crippen LogP contribution in [0, 0.1) is 11.8 Å². The molecular formula is C25H27NO5. The second-order valence-electron chi connectivity index (χ2n) is 7.67. The third kappa shape index (κ3) is 6.17. The van der Waals surface area contributed by atoms with E-state index in [4.69, 9.17) is 14.6 Å². The van der Waals surface area contributed by atoms with Crippen molar-refractivity contribution in [2.24, 2.45) is 0 Å². The van der Waals surface area contributed by atoms with Gasteiger partial charge in [-0.2, -0.15) is 0 Å². The molecule has 1 aliphatic heterocycles. The molecular weight excluding hydrogens is 394 g/mol. The predicted octanol–water partition coefficient (Wildman–Crippen LogP) is 2.96. The van der Waals surface area contributed by atoms with E-state index in [0.717, 1.165) is 16.7 Å². The van der Waals surface area contributed by atoms with Gasteiger partial charge >= 0.3 is 6.09 Å². The summed E-state index contributed by atoms with van der Waals surface area (Å²) in [5, 5.41) is 8.90. The van der Waals surface area contributed by atoms with Crippen LogP contribution in [0.25, 0.3) is 0 Å². The van der Waals surface area contributed by atoms with Gasteiger partial charge < -0.3 is 14.6 Å². The Morgan fingerprint density at radius 3 is 2.65 bits per heavy atom. The predicted molar refractivity (Wildman–Crippen MR) is 116 cm³/mol.